The topological polar surface area (TPSA) is 68.2 Å². The lowest BCUT2D eigenvalue weighted by atomic mass is 10.0. The Labute approximate surface area is 175 Å². The summed E-state index contributed by atoms with van der Waals surface area (Å²) in [5, 5.41) is 0. The van der Waals surface area contributed by atoms with Crippen LogP contribution in [-0.4, -0.2) is 45.0 Å². The highest BCUT2D eigenvalue weighted by Gasteiger charge is 2.27. The molecule has 1 saturated heterocycles. The van der Waals surface area contributed by atoms with E-state index in [-0.39, 0.29) is 12.0 Å². The molecule has 1 amide bonds. The van der Waals surface area contributed by atoms with E-state index in [1.165, 1.54) is 0 Å². The van der Waals surface area contributed by atoms with E-state index < -0.39 is 5.82 Å². The van der Waals surface area contributed by atoms with Gasteiger partial charge in [0.1, 0.15) is 6.10 Å². The second kappa shape index (κ2) is 8.65. The molecule has 0 N–H and O–H groups in total. The molecule has 1 fully saturated rings. The number of carbonyl (C=O) groups is 1. The Bertz CT molecular complexity index is 998. The van der Waals surface area contributed by atoms with E-state index in [0.717, 1.165) is 29.7 Å². The molecule has 1 aromatic carbocycles. The van der Waals surface area contributed by atoms with E-state index >= 15 is 0 Å². The first kappa shape index (κ1) is 19.4. The van der Waals surface area contributed by atoms with E-state index in [9.17, 15) is 9.18 Å². The number of likely N-dealkylation sites (tertiary alicyclic amines) is 1. The molecule has 0 spiro atoms. The van der Waals surface area contributed by atoms with Crippen molar-refractivity contribution in [3.63, 3.8) is 0 Å². The first-order chi connectivity index (χ1) is 14.1. The van der Waals surface area contributed by atoms with Crippen molar-refractivity contribution in [3.05, 3.63) is 70.8 Å². The Kier molecular flexibility index (Phi) is 5.80. The van der Waals surface area contributed by atoms with Crippen molar-refractivity contribution in [2.24, 2.45) is 0 Å². The zero-order valence-corrected chi connectivity index (χ0v) is 17.0. The molecule has 4 rings (SSSR count). The maximum atomic E-state index is 13.2. The molecule has 3 heterocycles. The Hall–Kier alpha value is -2.87. The van der Waals surface area contributed by atoms with Crippen LogP contribution in [0.3, 0.4) is 0 Å². The van der Waals surface area contributed by atoms with Gasteiger partial charge in [-0.1, -0.05) is 18.2 Å². The van der Waals surface area contributed by atoms with Gasteiger partial charge in [0.05, 0.1) is 24.5 Å². The lowest BCUT2D eigenvalue weighted by Crippen LogP contribution is -2.44. The van der Waals surface area contributed by atoms with Crippen molar-refractivity contribution < 1.29 is 13.9 Å². The number of aromatic nitrogens is 3. The van der Waals surface area contributed by atoms with Gasteiger partial charge < -0.3 is 9.64 Å². The highest BCUT2D eigenvalue weighted by atomic mass is 79.9. The molecule has 6 nitrogen and oxygen atoms in total. The summed E-state index contributed by atoms with van der Waals surface area (Å²) in [6.07, 6.45) is 5.43. The lowest BCUT2D eigenvalue weighted by Gasteiger charge is -2.33. The second-order valence-corrected chi connectivity index (χ2v) is 7.63. The van der Waals surface area contributed by atoms with E-state index in [2.05, 4.69) is 30.9 Å². The number of pyridine rings is 1. The molecule has 1 atom stereocenters. The third-order valence-electron chi connectivity index (χ3n) is 4.67. The molecule has 3 aromatic rings. The van der Waals surface area contributed by atoms with Gasteiger partial charge in [-0.05, 0) is 40.9 Å². The average molecular weight is 457 g/mol. The van der Waals surface area contributed by atoms with Gasteiger partial charge >= 0.3 is 0 Å². The standard InChI is InChI=1S/C21H18BrFN4O2/c22-14-7-8-19(24-10-14)29-16-4-3-9-27(13-16)21(28)18-6-2-1-5-17(18)20-25-11-15(23)12-26-20/h1-2,5-8,10-12,16H,3-4,9,13H2/t16-/m1/s1. The van der Waals surface area contributed by atoms with Gasteiger partial charge in [-0.3, -0.25) is 4.79 Å². The molecule has 0 saturated carbocycles. The van der Waals surface area contributed by atoms with Crippen LogP contribution in [0, 0.1) is 5.82 Å². The Balaban J connectivity index is 1.52. The smallest absolute Gasteiger partial charge is 0.254 e. The normalized spacial score (nSPS) is 16.5. The maximum absolute atomic E-state index is 13.2. The number of carbonyl (C=O) groups excluding carboxylic acids is 1. The molecule has 148 valence electrons. The van der Waals surface area contributed by atoms with Crippen LogP contribution in [0.15, 0.2) is 59.5 Å². The molecule has 8 heteroatoms. The maximum Gasteiger partial charge on any atom is 0.254 e. The zero-order valence-electron chi connectivity index (χ0n) is 15.5. The minimum atomic E-state index is -0.518. The summed E-state index contributed by atoms with van der Waals surface area (Å²) >= 11 is 3.35. The number of rotatable bonds is 4. The lowest BCUT2D eigenvalue weighted by molar-refractivity contribution is 0.0528. The van der Waals surface area contributed by atoms with Gasteiger partial charge in [-0.2, -0.15) is 0 Å². The van der Waals surface area contributed by atoms with Crippen molar-refractivity contribution >= 4 is 21.8 Å². The zero-order chi connectivity index (χ0) is 20.2. The molecule has 2 aromatic heterocycles. The van der Waals surface area contributed by atoms with Gasteiger partial charge in [-0.15, -0.1) is 0 Å². The monoisotopic (exact) mass is 456 g/mol. The van der Waals surface area contributed by atoms with E-state index in [1.54, 1.807) is 41.4 Å². The number of hydrogen-bond acceptors (Lipinski definition) is 5. The predicted molar refractivity (Wildman–Crippen MR) is 109 cm³/mol. The van der Waals surface area contributed by atoms with Crippen LogP contribution >= 0.6 is 15.9 Å². The minimum Gasteiger partial charge on any atom is -0.472 e. The number of hydrogen-bond donors (Lipinski definition) is 0. The van der Waals surface area contributed by atoms with E-state index in [1.807, 2.05) is 6.07 Å². The molecular weight excluding hydrogens is 439 g/mol. The van der Waals surface area contributed by atoms with Crippen LogP contribution in [0.5, 0.6) is 5.88 Å². The first-order valence-electron chi connectivity index (χ1n) is 9.24. The summed E-state index contributed by atoms with van der Waals surface area (Å²) < 4.78 is 20.0. The summed E-state index contributed by atoms with van der Waals surface area (Å²) in [5.74, 6) is 0.215. The van der Waals surface area contributed by atoms with E-state index in [4.69, 9.17) is 4.74 Å². The van der Waals surface area contributed by atoms with Crippen LogP contribution in [0.4, 0.5) is 4.39 Å². The van der Waals surface area contributed by atoms with Crippen molar-refractivity contribution in [1.82, 2.24) is 19.9 Å². The Morgan fingerprint density at radius 2 is 1.90 bits per heavy atom. The Morgan fingerprint density at radius 1 is 1.10 bits per heavy atom. The molecule has 1 aliphatic rings. The average Bonchev–Trinajstić information content (AvgIpc) is 2.76. The SMILES string of the molecule is O=C(c1ccccc1-c1ncc(F)cn1)N1CCC[C@@H](Oc2ccc(Br)cn2)C1. The fourth-order valence-electron chi connectivity index (χ4n) is 3.31. The number of ether oxygens (including phenoxy) is 1. The van der Waals surface area contributed by atoms with Crippen LogP contribution in [0.2, 0.25) is 0 Å². The summed E-state index contributed by atoms with van der Waals surface area (Å²) in [6, 6.07) is 10.8. The van der Waals surface area contributed by atoms with Gasteiger partial charge in [0.25, 0.3) is 5.91 Å². The van der Waals surface area contributed by atoms with Crippen molar-refractivity contribution in [2.75, 3.05) is 13.1 Å². The van der Waals surface area contributed by atoms with Crippen molar-refractivity contribution in [3.8, 4) is 17.3 Å². The van der Waals surface area contributed by atoms with Crippen LogP contribution in [-0.2, 0) is 0 Å². The molecule has 0 aliphatic carbocycles. The number of benzene rings is 1. The first-order valence-corrected chi connectivity index (χ1v) is 10.0. The minimum absolute atomic E-state index is 0.120. The van der Waals surface area contributed by atoms with Crippen LogP contribution in [0.25, 0.3) is 11.4 Å². The summed E-state index contributed by atoms with van der Waals surface area (Å²) in [5.41, 5.74) is 1.07. The predicted octanol–water partition coefficient (Wildman–Crippen LogP) is 4.12. The van der Waals surface area contributed by atoms with Crippen molar-refractivity contribution in [2.45, 2.75) is 18.9 Å². The largest absolute Gasteiger partial charge is 0.472 e. The fraction of sp³-hybridized carbons (Fsp3) is 0.238. The summed E-state index contributed by atoms with van der Waals surface area (Å²) in [7, 11) is 0. The second-order valence-electron chi connectivity index (χ2n) is 6.72. The highest BCUT2D eigenvalue weighted by molar-refractivity contribution is 9.10. The molecule has 29 heavy (non-hydrogen) atoms. The fourth-order valence-corrected chi connectivity index (χ4v) is 3.54. The quantitative estimate of drug-likeness (QED) is 0.590. The molecule has 0 radical (unpaired) electrons. The molecular formula is C21H18BrFN4O2. The van der Waals surface area contributed by atoms with Gasteiger partial charge in [-0.25, -0.2) is 19.3 Å². The highest BCUT2D eigenvalue weighted by Crippen LogP contribution is 2.24. The van der Waals surface area contributed by atoms with Gasteiger partial charge in [0.2, 0.25) is 5.88 Å². The van der Waals surface area contributed by atoms with Gasteiger partial charge in [0.15, 0.2) is 11.6 Å². The van der Waals surface area contributed by atoms with E-state index in [0.29, 0.717) is 35.9 Å². The third kappa shape index (κ3) is 4.59. The number of amides is 1. The summed E-state index contributed by atoms with van der Waals surface area (Å²) in [4.78, 5) is 27.3. The summed E-state index contributed by atoms with van der Waals surface area (Å²) in [6.45, 7) is 1.11. The number of halogens is 2. The molecule has 0 bridgehead atoms. The van der Waals surface area contributed by atoms with Crippen molar-refractivity contribution in [1.29, 1.82) is 0 Å². The van der Waals surface area contributed by atoms with Crippen LogP contribution < -0.4 is 4.74 Å². The number of piperidine rings is 1. The number of nitrogens with zero attached hydrogens (tertiary/aromatic N) is 4. The third-order valence-corrected chi connectivity index (χ3v) is 5.14. The van der Waals surface area contributed by atoms with Crippen LogP contribution in [0.1, 0.15) is 23.2 Å². The molecule has 1 aliphatic heterocycles. The molecule has 0 unspecified atom stereocenters. The Morgan fingerprint density at radius 3 is 2.66 bits per heavy atom. The van der Waals surface area contributed by atoms with Gasteiger partial charge in [0, 0.05) is 28.8 Å².